The number of hydrogen-bond acceptors (Lipinski definition) is 4. The quantitative estimate of drug-likeness (QED) is 0.601. The molecule has 0 saturated heterocycles. The first-order valence-electron chi connectivity index (χ1n) is 5.25. The van der Waals surface area contributed by atoms with Crippen molar-refractivity contribution in [2.24, 2.45) is 5.41 Å². The standard InChI is InChI=1S/C11H12N2O4/c14-10(15)11(5-6-11)7-12-8-1-3-9(4-2-8)13(16)17/h1-4,12H,5-7H2,(H,14,15). The Balaban J connectivity index is 1.96. The number of non-ortho nitro benzene ring substituents is 1. The van der Waals surface area contributed by atoms with Gasteiger partial charge in [0.2, 0.25) is 0 Å². The van der Waals surface area contributed by atoms with Crippen molar-refractivity contribution in [1.82, 2.24) is 0 Å². The predicted molar refractivity (Wildman–Crippen MR) is 60.9 cm³/mol. The second-order valence-electron chi connectivity index (χ2n) is 4.24. The second kappa shape index (κ2) is 4.04. The van der Waals surface area contributed by atoms with Crippen molar-refractivity contribution in [3.8, 4) is 0 Å². The third-order valence-electron chi connectivity index (χ3n) is 3.02. The van der Waals surface area contributed by atoms with Crippen molar-refractivity contribution in [3.05, 3.63) is 34.4 Å². The molecule has 0 amide bonds. The van der Waals surface area contributed by atoms with Crippen LogP contribution < -0.4 is 5.32 Å². The number of rotatable bonds is 5. The smallest absolute Gasteiger partial charge is 0.311 e. The Kier molecular flexibility index (Phi) is 2.71. The van der Waals surface area contributed by atoms with Crippen molar-refractivity contribution in [1.29, 1.82) is 0 Å². The van der Waals surface area contributed by atoms with E-state index >= 15 is 0 Å². The van der Waals surface area contributed by atoms with Crippen molar-refractivity contribution >= 4 is 17.3 Å². The highest BCUT2D eigenvalue weighted by Crippen LogP contribution is 2.45. The topological polar surface area (TPSA) is 92.5 Å². The molecule has 1 saturated carbocycles. The lowest BCUT2D eigenvalue weighted by atomic mass is 10.1. The van der Waals surface area contributed by atoms with Crippen LogP contribution >= 0.6 is 0 Å². The molecule has 1 aliphatic rings. The average molecular weight is 236 g/mol. The highest BCUT2D eigenvalue weighted by molar-refractivity contribution is 5.78. The summed E-state index contributed by atoms with van der Waals surface area (Å²) in [5.74, 6) is -0.785. The van der Waals surface area contributed by atoms with Crippen molar-refractivity contribution in [2.75, 3.05) is 11.9 Å². The van der Waals surface area contributed by atoms with Gasteiger partial charge in [-0.2, -0.15) is 0 Å². The van der Waals surface area contributed by atoms with Gasteiger partial charge in [-0.05, 0) is 25.0 Å². The van der Waals surface area contributed by atoms with Gasteiger partial charge in [-0.3, -0.25) is 14.9 Å². The summed E-state index contributed by atoms with van der Waals surface area (Å²) in [6.45, 7) is 0.361. The van der Waals surface area contributed by atoms with Gasteiger partial charge in [-0.1, -0.05) is 0 Å². The van der Waals surface area contributed by atoms with Crippen molar-refractivity contribution in [3.63, 3.8) is 0 Å². The maximum absolute atomic E-state index is 10.9. The summed E-state index contributed by atoms with van der Waals surface area (Å²) in [6, 6.07) is 5.94. The van der Waals surface area contributed by atoms with E-state index < -0.39 is 16.3 Å². The molecule has 0 aromatic heterocycles. The lowest BCUT2D eigenvalue weighted by Gasteiger charge is -2.11. The SMILES string of the molecule is O=C(O)C1(CNc2ccc([N+](=O)[O-])cc2)CC1. The van der Waals surface area contributed by atoms with E-state index in [-0.39, 0.29) is 5.69 Å². The number of nitro benzene ring substituents is 1. The van der Waals surface area contributed by atoms with E-state index in [2.05, 4.69) is 5.32 Å². The summed E-state index contributed by atoms with van der Waals surface area (Å²) in [5, 5.41) is 22.4. The Morgan fingerprint density at radius 2 is 2.00 bits per heavy atom. The molecule has 0 radical (unpaired) electrons. The molecule has 0 unspecified atom stereocenters. The van der Waals surface area contributed by atoms with E-state index in [1.54, 1.807) is 12.1 Å². The molecule has 1 aromatic carbocycles. The third kappa shape index (κ3) is 2.35. The van der Waals surface area contributed by atoms with Gasteiger partial charge in [0.25, 0.3) is 5.69 Å². The van der Waals surface area contributed by atoms with Crippen LogP contribution in [-0.2, 0) is 4.79 Å². The number of carbonyl (C=O) groups is 1. The fourth-order valence-corrected chi connectivity index (χ4v) is 1.59. The number of nitrogens with one attached hydrogen (secondary N) is 1. The monoisotopic (exact) mass is 236 g/mol. The first-order chi connectivity index (χ1) is 8.03. The number of carboxylic acids is 1. The molecule has 6 heteroatoms. The lowest BCUT2D eigenvalue weighted by molar-refractivity contribution is -0.384. The first kappa shape index (κ1) is 11.4. The Labute approximate surface area is 97.4 Å². The summed E-state index contributed by atoms with van der Waals surface area (Å²) in [4.78, 5) is 20.9. The Hall–Kier alpha value is -2.11. The van der Waals surface area contributed by atoms with E-state index in [0.717, 1.165) is 0 Å². The molecule has 0 atom stereocenters. The zero-order valence-electron chi connectivity index (χ0n) is 9.05. The fourth-order valence-electron chi connectivity index (χ4n) is 1.59. The molecular formula is C11H12N2O4. The molecule has 0 heterocycles. The summed E-state index contributed by atoms with van der Waals surface area (Å²) in [6.07, 6.45) is 1.37. The number of anilines is 1. The van der Waals surface area contributed by atoms with Gasteiger partial charge >= 0.3 is 5.97 Å². The number of nitrogens with zero attached hydrogens (tertiary/aromatic N) is 1. The van der Waals surface area contributed by atoms with E-state index in [9.17, 15) is 14.9 Å². The van der Waals surface area contributed by atoms with Gasteiger partial charge in [0.15, 0.2) is 0 Å². The van der Waals surface area contributed by atoms with Crippen LogP contribution in [0.2, 0.25) is 0 Å². The number of benzene rings is 1. The van der Waals surface area contributed by atoms with Gasteiger partial charge in [-0.25, -0.2) is 0 Å². The maximum atomic E-state index is 10.9. The van der Waals surface area contributed by atoms with E-state index in [1.807, 2.05) is 0 Å². The van der Waals surface area contributed by atoms with Crippen molar-refractivity contribution < 1.29 is 14.8 Å². The minimum absolute atomic E-state index is 0.0231. The Morgan fingerprint density at radius 3 is 2.41 bits per heavy atom. The number of aliphatic carboxylic acids is 1. The zero-order chi connectivity index (χ0) is 12.5. The van der Waals surface area contributed by atoms with Crippen LogP contribution in [0.15, 0.2) is 24.3 Å². The minimum atomic E-state index is -0.785. The van der Waals surface area contributed by atoms with Gasteiger partial charge in [0, 0.05) is 24.4 Å². The van der Waals surface area contributed by atoms with Crippen LogP contribution in [-0.4, -0.2) is 22.5 Å². The summed E-state index contributed by atoms with van der Waals surface area (Å²) in [5.41, 5.74) is 0.0833. The van der Waals surface area contributed by atoms with Crippen LogP contribution in [0, 0.1) is 15.5 Å². The molecular weight excluding hydrogens is 224 g/mol. The summed E-state index contributed by atoms with van der Waals surface area (Å²) >= 11 is 0. The third-order valence-corrected chi connectivity index (χ3v) is 3.02. The zero-order valence-corrected chi connectivity index (χ0v) is 9.05. The largest absolute Gasteiger partial charge is 0.481 e. The van der Waals surface area contributed by atoms with Crippen LogP contribution in [0.1, 0.15) is 12.8 Å². The molecule has 1 aromatic rings. The highest BCUT2D eigenvalue weighted by atomic mass is 16.6. The van der Waals surface area contributed by atoms with E-state index in [4.69, 9.17) is 5.11 Å². The summed E-state index contributed by atoms with van der Waals surface area (Å²) < 4.78 is 0. The molecule has 17 heavy (non-hydrogen) atoms. The van der Waals surface area contributed by atoms with Crippen LogP contribution in [0.25, 0.3) is 0 Å². The molecule has 1 fully saturated rings. The van der Waals surface area contributed by atoms with Crippen molar-refractivity contribution in [2.45, 2.75) is 12.8 Å². The van der Waals surface area contributed by atoms with Crippen LogP contribution in [0.4, 0.5) is 11.4 Å². The average Bonchev–Trinajstić information content (AvgIpc) is 3.08. The molecule has 1 aliphatic carbocycles. The molecule has 0 aliphatic heterocycles. The molecule has 90 valence electrons. The number of hydrogen-bond donors (Lipinski definition) is 2. The first-order valence-corrected chi connectivity index (χ1v) is 5.25. The highest BCUT2D eigenvalue weighted by Gasteiger charge is 2.49. The summed E-state index contributed by atoms with van der Waals surface area (Å²) in [7, 11) is 0. The Morgan fingerprint density at radius 1 is 1.41 bits per heavy atom. The molecule has 2 rings (SSSR count). The van der Waals surface area contributed by atoms with Gasteiger partial charge in [0.1, 0.15) is 0 Å². The molecule has 2 N–H and O–H groups in total. The van der Waals surface area contributed by atoms with Gasteiger partial charge < -0.3 is 10.4 Å². The van der Waals surface area contributed by atoms with E-state index in [1.165, 1.54) is 12.1 Å². The van der Waals surface area contributed by atoms with Crippen LogP contribution in [0.5, 0.6) is 0 Å². The minimum Gasteiger partial charge on any atom is -0.481 e. The van der Waals surface area contributed by atoms with Gasteiger partial charge in [-0.15, -0.1) is 0 Å². The number of nitro groups is 1. The predicted octanol–water partition coefficient (Wildman–Crippen LogP) is 1.87. The molecule has 0 spiro atoms. The van der Waals surface area contributed by atoms with Gasteiger partial charge in [0.05, 0.1) is 10.3 Å². The molecule has 0 bridgehead atoms. The second-order valence-corrected chi connectivity index (χ2v) is 4.24. The van der Waals surface area contributed by atoms with E-state index in [0.29, 0.717) is 25.1 Å². The fraction of sp³-hybridized carbons (Fsp3) is 0.364. The number of carboxylic acid groups (broad SMARTS) is 1. The maximum Gasteiger partial charge on any atom is 0.311 e. The Bertz CT molecular complexity index is 451. The van der Waals surface area contributed by atoms with Crippen LogP contribution in [0.3, 0.4) is 0 Å². The lowest BCUT2D eigenvalue weighted by Crippen LogP contribution is -2.24. The molecule has 6 nitrogen and oxygen atoms in total. The normalized spacial score (nSPS) is 16.2.